The molecule has 0 atom stereocenters. The molecule has 2 heterocycles. The van der Waals surface area contributed by atoms with Gasteiger partial charge in [0.15, 0.2) is 5.78 Å². The van der Waals surface area contributed by atoms with Crippen molar-refractivity contribution in [3.05, 3.63) is 118 Å². The molecule has 0 fully saturated rings. The van der Waals surface area contributed by atoms with Gasteiger partial charge >= 0.3 is 0 Å². The second-order valence-corrected chi connectivity index (χ2v) is 11.7. The number of hydrogen-bond donors (Lipinski definition) is 1. The number of benzene rings is 3. The lowest BCUT2D eigenvalue weighted by atomic mass is 10.0. The van der Waals surface area contributed by atoms with E-state index >= 15 is 4.39 Å². The summed E-state index contributed by atoms with van der Waals surface area (Å²) in [4.78, 5) is 30.9. The minimum Gasteiger partial charge on any atom is -0.319 e. The summed E-state index contributed by atoms with van der Waals surface area (Å²) in [6.45, 7) is 2.31. The fourth-order valence-corrected chi connectivity index (χ4v) is 5.82. The summed E-state index contributed by atoms with van der Waals surface area (Å²) in [6.07, 6.45) is 4.17. The highest BCUT2D eigenvalue weighted by Gasteiger charge is 2.19. The molecular formula is C32H31FN4O4S. The summed E-state index contributed by atoms with van der Waals surface area (Å²) >= 11 is 0. The van der Waals surface area contributed by atoms with Gasteiger partial charge in [-0.2, -0.15) is 0 Å². The zero-order valence-corrected chi connectivity index (χ0v) is 24.0. The molecule has 3 aromatic carbocycles. The van der Waals surface area contributed by atoms with Crippen molar-refractivity contribution in [1.29, 1.82) is 0 Å². The Kier molecular flexibility index (Phi) is 8.46. The number of nitrogens with zero attached hydrogens (tertiary/aromatic N) is 3. The molecule has 0 radical (unpaired) electrons. The largest absolute Gasteiger partial charge is 0.319 e. The molecule has 8 nitrogen and oxygen atoms in total. The van der Waals surface area contributed by atoms with E-state index in [0.717, 1.165) is 12.8 Å². The van der Waals surface area contributed by atoms with E-state index in [1.54, 1.807) is 71.4 Å². The van der Waals surface area contributed by atoms with Crippen LogP contribution in [0.15, 0.2) is 94.7 Å². The maximum absolute atomic E-state index is 15.6. The first-order valence-electron chi connectivity index (χ1n) is 13.7. The minimum absolute atomic E-state index is 0.0562. The van der Waals surface area contributed by atoms with Gasteiger partial charge in [0, 0.05) is 42.3 Å². The second kappa shape index (κ2) is 12.2. The van der Waals surface area contributed by atoms with E-state index in [9.17, 15) is 18.0 Å². The number of rotatable bonds is 11. The number of aromatic nitrogens is 3. The molecule has 42 heavy (non-hydrogen) atoms. The predicted molar refractivity (Wildman–Crippen MR) is 160 cm³/mol. The molecule has 0 aliphatic heterocycles. The van der Waals surface area contributed by atoms with Crippen LogP contribution in [0.4, 0.5) is 4.39 Å². The molecule has 0 saturated carbocycles. The highest BCUT2D eigenvalue weighted by Crippen LogP contribution is 2.29. The van der Waals surface area contributed by atoms with Crippen LogP contribution in [0.5, 0.6) is 0 Å². The van der Waals surface area contributed by atoms with Crippen LogP contribution in [0.25, 0.3) is 22.2 Å². The topological polar surface area (TPSA) is 117 Å². The molecule has 0 aliphatic rings. The van der Waals surface area contributed by atoms with E-state index in [1.807, 2.05) is 6.07 Å². The first-order chi connectivity index (χ1) is 20.2. The lowest BCUT2D eigenvalue weighted by Crippen LogP contribution is -2.23. The number of imidazole rings is 1. The summed E-state index contributed by atoms with van der Waals surface area (Å²) < 4.78 is 43.0. The highest BCUT2D eigenvalue weighted by molar-refractivity contribution is 7.89. The Hall–Kier alpha value is -4.41. The number of fused-ring (bicyclic) bond motifs is 1. The van der Waals surface area contributed by atoms with Crippen LogP contribution in [0.3, 0.4) is 0 Å². The number of primary sulfonamides is 1. The van der Waals surface area contributed by atoms with Crippen molar-refractivity contribution < 1.29 is 17.6 Å². The Labute approximate surface area is 243 Å². The van der Waals surface area contributed by atoms with Crippen molar-refractivity contribution in [2.45, 2.75) is 50.6 Å². The van der Waals surface area contributed by atoms with Crippen molar-refractivity contribution in [2.24, 2.45) is 5.14 Å². The van der Waals surface area contributed by atoms with E-state index in [0.29, 0.717) is 45.5 Å². The third-order valence-electron chi connectivity index (χ3n) is 7.26. The number of ketones is 1. The van der Waals surface area contributed by atoms with Crippen LogP contribution >= 0.6 is 0 Å². The van der Waals surface area contributed by atoms with Crippen molar-refractivity contribution in [1.82, 2.24) is 14.1 Å². The predicted octanol–water partition coefficient (Wildman–Crippen LogP) is 5.32. The molecule has 10 heteroatoms. The summed E-state index contributed by atoms with van der Waals surface area (Å²) in [6, 6.07) is 21.3. The van der Waals surface area contributed by atoms with E-state index in [4.69, 9.17) is 10.1 Å². The molecule has 5 aromatic rings. The average Bonchev–Trinajstić information content (AvgIpc) is 3.34. The molecule has 0 unspecified atom stereocenters. The van der Waals surface area contributed by atoms with Crippen molar-refractivity contribution in [3.8, 4) is 11.1 Å². The van der Waals surface area contributed by atoms with Crippen LogP contribution in [0, 0.1) is 5.82 Å². The lowest BCUT2D eigenvalue weighted by Gasteiger charge is -2.13. The van der Waals surface area contributed by atoms with Gasteiger partial charge in [-0.3, -0.25) is 9.59 Å². The first kappa shape index (κ1) is 29.1. The molecular weight excluding hydrogens is 555 g/mol. The van der Waals surface area contributed by atoms with Gasteiger partial charge in [0.1, 0.15) is 17.2 Å². The van der Waals surface area contributed by atoms with E-state index in [-0.39, 0.29) is 35.7 Å². The van der Waals surface area contributed by atoms with Crippen LogP contribution in [-0.2, 0) is 29.5 Å². The van der Waals surface area contributed by atoms with Crippen LogP contribution in [0.2, 0.25) is 0 Å². The number of unbranched alkanes of at least 4 members (excludes halogenated alkanes) is 1. The molecule has 0 spiro atoms. The third kappa shape index (κ3) is 6.09. The number of hydrogen-bond acceptors (Lipinski definition) is 5. The molecule has 0 bridgehead atoms. The minimum atomic E-state index is -4.01. The highest BCUT2D eigenvalue weighted by atomic mass is 32.2. The van der Waals surface area contributed by atoms with E-state index < -0.39 is 15.8 Å². The van der Waals surface area contributed by atoms with Gasteiger partial charge in [-0.15, -0.1) is 0 Å². The average molecular weight is 587 g/mol. The van der Waals surface area contributed by atoms with E-state index in [1.165, 1.54) is 16.7 Å². The third-order valence-corrected chi connectivity index (χ3v) is 8.23. The summed E-state index contributed by atoms with van der Waals surface area (Å²) in [7, 11) is -4.01. The monoisotopic (exact) mass is 586 g/mol. The summed E-state index contributed by atoms with van der Waals surface area (Å²) in [5, 5.41) is 5.37. The fraction of sp³-hybridized carbons (Fsp3) is 0.219. The molecule has 2 aromatic heterocycles. The number of sulfonamides is 1. The van der Waals surface area contributed by atoms with Crippen LogP contribution in [-0.4, -0.2) is 28.3 Å². The van der Waals surface area contributed by atoms with E-state index in [2.05, 4.69) is 6.92 Å². The Morgan fingerprint density at radius 1 is 1.00 bits per heavy atom. The Balaban J connectivity index is 1.50. The van der Waals surface area contributed by atoms with Gasteiger partial charge in [0.05, 0.1) is 17.0 Å². The molecule has 0 aliphatic carbocycles. The maximum atomic E-state index is 15.6. The first-order valence-corrected chi connectivity index (χ1v) is 15.3. The normalized spacial score (nSPS) is 11.7. The van der Waals surface area contributed by atoms with Gasteiger partial charge in [-0.25, -0.2) is 22.9 Å². The number of aryl methyl sites for hydroxylation is 2. The number of carbonyl (C=O) groups excluding carboxylic acids is 1. The quantitative estimate of drug-likeness (QED) is 0.210. The Bertz CT molecular complexity index is 1930. The van der Waals surface area contributed by atoms with Gasteiger partial charge in [0.25, 0.3) is 5.56 Å². The number of nitrogens with two attached hydrogens (primary N) is 1. The summed E-state index contributed by atoms with van der Waals surface area (Å²) in [5.74, 6) is 0.0562. The molecule has 0 amide bonds. The Morgan fingerprint density at radius 2 is 1.74 bits per heavy atom. The summed E-state index contributed by atoms with van der Waals surface area (Å²) in [5.41, 5.74) is 2.13. The van der Waals surface area contributed by atoms with Gasteiger partial charge < -0.3 is 9.13 Å². The van der Waals surface area contributed by atoms with Crippen molar-refractivity contribution in [3.63, 3.8) is 0 Å². The zero-order valence-electron chi connectivity index (χ0n) is 23.2. The number of pyridine rings is 1. The SMILES string of the molecule is CCCCc1nc2ccn(CCC(=O)c3ccccc3)c(=O)c2n1Cc1ccc(-c2ccccc2S(N)(=O)=O)cc1F. The number of halogens is 1. The Morgan fingerprint density at radius 3 is 2.45 bits per heavy atom. The zero-order chi connectivity index (χ0) is 29.9. The smallest absolute Gasteiger partial charge is 0.276 e. The number of carbonyl (C=O) groups is 1. The molecule has 0 saturated heterocycles. The van der Waals surface area contributed by atoms with Crippen molar-refractivity contribution >= 4 is 26.8 Å². The second-order valence-electron chi connectivity index (χ2n) is 10.2. The van der Waals surface area contributed by atoms with Crippen LogP contribution < -0.4 is 10.7 Å². The molecule has 216 valence electrons. The molecule has 5 rings (SSSR count). The van der Waals surface area contributed by atoms with Crippen molar-refractivity contribution in [2.75, 3.05) is 0 Å². The van der Waals surface area contributed by atoms with Gasteiger partial charge in [-0.1, -0.05) is 74.0 Å². The molecule has 2 N–H and O–H groups in total. The van der Waals surface area contributed by atoms with Gasteiger partial charge in [0.2, 0.25) is 10.0 Å². The van der Waals surface area contributed by atoms with Gasteiger partial charge in [-0.05, 0) is 30.2 Å². The fourth-order valence-electron chi connectivity index (χ4n) is 5.05. The maximum Gasteiger partial charge on any atom is 0.276 e. The lowest BCUT2D eigenvalue weighted by molar-refractivity contribution is 0.0976. The van der Waals surface area contributed by atoms with Crippen LogP contribution in [0.1, 0.15) is 47.9 Å². The number of Topliss-reactive ketones (excluding diaryl/α,β-unsaturated/α-hetero) is 1. The standard InChI is InChI=1S/C32H31FN4O4S/c1-2-3-13-30-35-27-16-18-36(19-17-28(38)22-9-5-4-6-10-22)32(39)31(27)37(30)21-24-15-14-23(20-26(24)33)25-11-7-8-12-29(25)42(34,40)41/h4-12,14-16,18,20H,2-3,13,17,19,21H2,1H3,(H2,34,40,41).